The van der Waals surface area contributed by atoms with Gasteiger partial charge in [-0.15, -0.1) is 0 Å². The van der Waals surface area contributed by atoms with Crippen molar-refractivity contribution < 1.29 is 4.74 Å². The van der Waals surface area contributed by atoms with Crippen LogP contribution in [0.2, 0.25) is 0 Å². The highest BCUT2D eigenvalue weighted by molar-refractivity contribution is 5.79. The maximum atomic E-state index is 5.41. The number of ether oxygens (including phenoxy) is 1. The number of nitrogens with one attached hydrogen (secondary N) is 2. The summed E-state index contributed by atoms with van der Waals surface area (Å²) < 4.78 is 7.60. The highest BCUT2D eigenvalue weighted by atomic mass is 16.5. The Morgan fingerprint density at radius 3 is 2.79 bits per heavy atom. The molecule has 148 valence electrons. The Hall–Kier alpha value is -3.02. The molecular formula is C22H29N5O. The van der Waals surface area contributed by atoms with E-state index in [1.807, 2.05) is 42.7 Å². The first-order chi connectivity index (χ1) is 13.8. The van der Waals surface area contributed by atoms with Crippen LogP contribution in [0.5, 0.6) is 5.75 Å². The van der Waals surface area contributed by atoms with E-state index in [4.69, 9.17) is 9.73 Å². The van der Waals surface area contributed by atoms with Crippen LogP contribution in [0.15, 0.2) is 59.9 Å². The second-order valence-corrected chi connectivity index (χ2v) is 6.53. The number of guanidine groups is 1. The van der Waals surface area contributed by atoms with Crippen LogP contribution in [0.25, 0.3) is 11.0 Å². The van der Waals surface area contributed by atoms with E-state index in [0.29, 0.717) is 0 Å². The van der Waals surface area contributed by atoms with Crippen LogP contribution in [-0.4, -0.2) is 42.3 Å². The predicted octanol–water partition coefficient (Wildman–Crippen LogP) is 3.23. The number of aryl methyl sites for hydroxylation is 1. The molecule has 0 aliphatic heterocycles. The molecule has 0 saturated heterocycles. The first-order valence-corrected chi connectivity index (χ1v) is 9.85. The molecule has 0 aliphatic carbocycles. The molecule has 0 amide bonds. The lowest BCUT2D eigenvalue weighted by atomic mass is 10.1. The van der Waals surface area contributed by atoms with E-state index < -0.39 is 0 Å². The lowest BCUT2D eigenvalue weighted by Crippen LogP contribution is -2.38. The van der Waals surface area contributed by atoms with Gasteiger partial charge in [0.15, 0.2) is 5.96 Å². The van der Waals surface area contributed by atoms with Crippen molar-refractivity contribution in [3.05, 3.63) is 60.4 Å². The molecule has 1 aromatic heterocycles. The van der Waals surface area contributed by atoms with E-state index in [2.05, 4.69) is 39.2 Å². The van der Waals surface area contributed by atoms with Gasteiger partial charge in [-0.05, 0) is 43.5 Å². The molecule has 0 atom stereocenters. The van der Waals surface area contributed by atoms with Gasteiger partial charge in [0.25, 0.3) is 0 Å². The molecule has 6 nitrogen and oxygen atoms in total. The number of benzene rings is 2. The molecule has 0 radical (unpaired) electrons. The van der Waals surface area contributed by atoms with Gasteiger partial charge in [0.1, 0.15) is 5.75 Å². The third-order valence-electron chi connectivity index (χ3n) is 4.58. The summed E-state index contributed by atoms with van der Waals surface area (Å²) in [6.45, 7) is 5.39. The predicted molar refractivity (Wildman–Crippen MR) is 115 cm³/mol. The zero-order chi connectivity index (χ0) is 19.6. The van der Waals surface area contributed by atoms with Crippen LogP contribution in [0.4, 0.5) is 0 Å². The topological polar surface area (TPSA) is 63.5 Å². The average molecular weight is 380 g/mol. The number of nitrogens with zero attached hydrogens (tertiary/aromatic N) is 3. The number of rotatable bonds is 9. The van der Waals surface area contributed by atoms with Gasteiger partial charge in [0.2, 0.25) is 0 Å². The Kier molecular flexibility index (Phi) is 7.29. The summed E-state index contributed by atoms with van der Waals surface area (Å²) in [5.41, 5.74) is 3.41. The van der Waals surface area contributed by atoms with E-state index in [1.54, 1.807) is 7.11 Å². The van der Waals surface area contributed by atoms with Crippen molar-refractivity contribution in [2.45, 2.75) is 26.3 Å². The van der Waals surface area contributed by atoms with Crippen molar-refractivity contribution >= 4 is 17.0 Å². The van der Waals surface area contributed by atoms with Gasteiger partial charge in [0, 0.05) is 26.2 Å². The second kappa shape index (κ2) is 10.3. The highest BCUT2D eigenvalue weighted by Crippen LogP contribution is 2.17. The Morgan fingerprint density at radius 2 is 1.93 bits per heavy atom. The fourth-order valence-corrected chi connectivity index (χ4v) is 3.19. The number of hydrogen-bond donors (Lipinski definition) is 2. The van der Waals surface area contributed by atoms with E-state index in [0.717, 1.165) is 56.2 Å². The number of fused-ring (bicyclic) bond motifs is 1. The zero-order valence-electron chi connectivity index (χ0n) is 16.7. The van der Waals surface area contributed by atoms with Crippen molar-refractivity contribution in [2.75, 3.05) is 26.7 Å². The third kappa shape index (κ3) is 5.25. The maximum Gasteiger partial charge on any atom is 0.191 e. The van der Waals surface area contributed by atoms with Crippen LogP contribution in [0.3, 0.4) is 0 Å². The third-order valence-corrected chi connectivity index (χ3v) is 4.58. The minimum absolute atomic E-state index is 0.760. The quantitative estimate of drug-likeness (QED) is 0.340. The van der Waals surface area contributed by atoms with E-state index in [1.165, 1.54) is 11.1 Å². The molecule has 0 saturated carbocycles. The number of imidazole rings is 1. The Balaban J connectivity index is 1.48. The second-order valence-electron chi connectivity index (χ2n) is 6.53. The van der Waals surface area contributed by atoms with Crippen LogP contribution < -0.4 is 15.4 Å². The summed E-state index contributed by atoms with van der Waals surface area (Å²) >= 11 is 0. The summed E-state index contributed by atoms with van der Waals surface area (Å²) in [5.74, 6) is 1.78. The number of para-hydroxylation sites is 3. The fraction of sp³-hybridized carbons (Fsp3) is 0.364. The summed E-state index contributed by atoms with van der Waals surface area (Å²) in [7, 11) is 1.71. The molecule has 28 heavy (non-hydrogen) atoms. The molecular weight excluding hydrogens is 350 g/mol. The van der Waals surface area contributed by atoms with Crippen LogP contribution in [-0.2, 0) is 13.0 Å². The van der Waals surface area contributed by atoms with Crippen molar-refractivity contribution in [1.29, 1.82) is 0 Å². The largest absolute Gasteiger partial charge is 0.496 e. The lowest BCUT2D eigenvalue weighted by molar-refractivity contribution is 0.409. The molecule has 2 N–H and O–H groups in total. The molecule has 0 fully saturated rings. The van der Waals surface area contributed by atoms with E-state index in [-0.39, 0.29) is 0 Å². The summed E-state index contributed by atoms with van der Waals surface area (Å²) in [5, 5.41) is 6.72. The van der Waals surface area contributed by atoms with Gasteiger partial charge >= 0.3 is 0 Å². The van der Waals surface area contributed by atoms with Crippen molar-refractivity contribution in [3.63, 3.8) is 0 Å². The fourth-order valence-electron chi connectivity index (χ4n) is 3.19. The van der Waals surface area contributed by atoms with E-state index in [9.17, 15) is 0 Å². The zero-order valence-corrected chi connectivity index (χ0v) is 16.7. The maximum absolute atomic E-state index is 5.41. The molecule has 3 aromatic rings. The molecule has 0 unspecified atom stereocenters. The highest BCUT2D eigenvalue weighted by Gasteiger charge is 2.03. The number of methoxy groups -OCH3 is 1. The summed E-state index contributed by atoms with van der Waals surface area (Å²) in [6.07, 6.45) is 3.75. The van der Waals surface area contributed by atoms with Gasteiger partial charge in [-0.1, -0.05) is 30.3 Å². The monoisotopic (exact) mass is 379 g/mol. The SMILES string of the molecule is CCNC(=NCCCn1cnc2ccccc21)NCCc1ccccc1OC. The number of aliphatic imine (C=N–C) groups is 1. The van der Waals surface area contributed by atoms with Gasteiger partial charge in [0.05, 0.1) is 24.5 Å². The Bertz CT molecular complexity index is 903. The van der Waals surface area contributed by atoms with Gasteiger partial charge in [-0.3, -0.25) is 4.99 Å². The average Bonchev–Trinajstić information content (AvgIpc) is 3.14. The molecule has 3 rings (SSSR count). The summed E-state index contributed by atoms with van der Waals surface area (Å²) in [6, 6.07) is 16.3. The van der Waals surface area contributed by atoms with Crippen LogP contribution in [0, 0.1) is 0 Å². The Morgan fingerprint density at radius 1 is 1.11 bits per heavy atom. The van der Waals surface area contributed by atoms with Gasteiger partial charge in [-0.2, -0.15) is 0 Å². The molecule has 2 aromatic carbocycles. The molecule has 0 aliphatic rings. The minimum atomic E-state index is 0.760. The smallest absolute Gasteiger partial charge is 0.191 e. The molecule has 6 heteroatoms. The standard InChI is InChI=1S/C22H29N5O/c1-3-23-22(25-15-13-18-9-4-7-12-21(18)28-2)24-14-8-16-27-17-26-19-10-5-6-11-20(19)27/h4-7,9-12,17H,3,8,13-16H2,1-2H3,(H2,23,24,25). The van der Waals surface area contributed by atoms with Crippen LogP contribution in [0.1, 0.15) is 18.9 Å². The lowest BCUT2D eigenvalue weighted by Gasteiger charge is -2.13. The molecule has 0 spiro atoms. The summed E-state index contributed by atoms with van der Waals surface area (Å²) in [4.78, 5) is 9.13. The minimum Gasteiger partial charge on any atom is -0.496 e. The van der Waals surface area contributed by atoms with Gasteiger partial charge < -0.3 is 19.9 Å². The molecule has 1 heterocycles. The first-order valence-electron chi connectivity index (χ1n) is 9.85. The van der Waals surface area contributed by atoms with Crippen LogP contribution >= 0.6 is 0 Å². The normalized spacial score (nSPS) is 11.6. The van der Waals surface area contributed by atoms with Crippen molar-refractivity contribution in [2.24, 2.45) is 4.99 Å². The van der Waals surface area contributed by atoms with E-state index >= 15 is 0 Å². The first kappa shape index (κ1) is 19.7. The van der Waals surface area contributed by atoms with Gasteiger partial charge in [-0.25, -0.2) is 4.98 Å². The molecule has 0 bridgehead atoms. The van der Waals surface area contributed by atoms with Crippen molar-refractivity contribution in [1.82, 2.24) is 20.2 Å². The number of hydrogen-bond acceptors (Lipinski definition) is 3. The number of aromatic nitrogens is 2. The Labute approximate surface area is 166 Å². The van der Waals surface area contributed by atoms with Crippen molar-refractivity contribution in [3.8, 4) is 5.75 Å².